The minimum Gasteiger partial charge on any atom is -0.344 e. The summed E-state index contributed by atoms with van der Waals surface area (Å²) in [5.41, 5.74) is 5.55. The summed E-state index contributed by atoms with van der Waals surface area (Å²) in [4.78, 5) is 14.4. The largest absolute Gasteiger partial charge is 0.344 e. The monoisotopic (exact) mass is 333 g/mol. The Hall–Kier alpha value is -0.660. The van der Waals surface area contributed by atoms with Crippen molar-refractivity contribution in [3.8, 4) is 0 Å². The number of nitrogens with two attached hydrogens (primary N) is 1. The Morgan fingerprint density at radius 1 is 1.36 bits per heavy atom. The van der Waals surface area contributed by atoms with Gasteiger partial charge in [0, 0.05) is 20.1 Å². The second-order valence-corrected chi connectivity index (χ2v) is 9.04. The topological polar surface area (TPSA) is 83.7 Å². The lowest BCUT2D eigenvalue weighted by Crippen LogP contribution is -2.54. The van der Waals surface area contributed by atoms with E-state index < -0.39 is 16.1 Å². The zero-order chi connectivity index (χ0) is 17.0. The van der Waals surface area contributed by atoms with E-state index in [0.29, 0.717) is 32.5 Å². The Kier molecular flexibility index (Phi) is 6.83. The molecule has 2 N–H and O–H groups in total. The van der Waals surface area contributed by atoms with Crippen LogP contribution in [0.4, 0.5) is 0 Å². The van der Waals surface area contributed by atoms with E-state index in [1.54, 1.807) is 11.9 Å². The van der Waals surface area contributed by atoms with Gasteiger partial charge in [0.2, 0.25) is 15.9 Å². The second-order valence-electron chi connectivity index (χ2n) is 7.00. The number of hydrogen-bond acceptors (Lipinski definition) is 4. The van der Waals surface area contributed by atoms with E-state index in [4.69, 9.17) is 5.73 Å². The maximum atomic E-state index is 12.7. The van der Waals surface area contributed by atoms with Gasteiger partial charge in [-0.25, -0.2) is 8.42 Å². The van der Waals surface area contributed by atoms with Crippen molar-refractivity contribution in [3.63, 3.8) is 0 Å². The van der Waals surface area contributed by atoms with Gasteiger partial charge in [-0.3, -0.25) is 4.79 Å². The maximum absolute atomic E-state index is 12.7. The maximum Gasteiger partial charge on any atom is 0.240 e. The summed E-state index contributed by atoms with van der Waals surface area (Å²) in [6.45, 7) is 7.31. The average Bonchev–Trinajstić information content (AvgIpc) is 2.46. The normalized spacial score (nSPS) is 20.9. The van der Waals surface area contributed by atoms with Crippen molar-refractivity contribution >= 4 is 15.9 Å². The van der Waals surface area contributed by atoms with Crippen molar-refractivity contribution < 1.29 is 13.2 Å². The highest BCUT2D eigenvalue weighted by molar-refractivity contribution is 7.89. The Labute approximate surface area is 135 Å². The molecule has 1 rings (SSSR count). The molecule has 0 spiro atoms. The third kappa shape index (κ3) is 4.93. The van der Waals surface area contributed by atoms with Crippen molar-refractivity contribution in [1.82, 2.24) is 9.21 Å². The molecule has 0 aliphatic carbocycles. The zero-order valence-electron chi connectivity index (χ0n) is 14.3. The molecule has 1 aliphatic rings. The predicted octanol–water partition coefficient (Wildman–Crippen LogP) is 1.02. The van der Waals surface area contributed by atoms with Gasteiger partial charge in [0.1, 0.15) is 6.04 Å². The minimum atomic E-state index is -3.35. The van der Waals surface area contributed by atoms with E-state index in [0.717, 1.165) is 12.8 Å². The molecule has 1 saturated heterocycles. The quantitative estimate of drug-likeness (QED) is 0.754. The molecule has 22 heavy (non-hydrogen) atoms. The summed E-state index contributed by atoms with van der Waals surface area (Å²) in [6, 6.07) is -0.552. The van der Waals surface area contributed by atoms with Crippen molar-refractivity contribution in [2.75, 3.05) is 32.4 Å². The van der Waals surface area contributed by atoms with Gasteiger partial charge in [-0.05, 0) is 31.2 Å². The number of piperidine rings is 1. The molecule has 0 saturated carbocycles. The highest BCUT2D eigenvalue weighted by Gasteiger charge is 2.38. The van der Waals surface area contributed by atoms with E-state index in [-0.39, 0.29) is 17.1 Å². The highest BCUT2D eigenvalue weighted by atomic mass is 32.2. The fraction of sp³-hybridized carbons (Fsp3) is 0.933. The molecule has 1 aliphatic heterocycles. The first kappa shape index (κ1) is 19.4. The fourth-order valence-corrected chi connectivity index (χ4v) is 4.64. The van der Waals surface area contributed by atoms with Gasteiger partial charge in [-0.15, -0.1) is 0 Å². The minimum absolute atomic E-state index is 0.106. The van der Waals surface area contributed by atoms with Crippen LogP contribution in [0, 0.1) is 5.41 Å². The molecule has 1 fully saturated rings. The van der Waals surface area contributed by atoms with Crippen LogP contribution in [0.2, 0.25) is 0 Å². The van der Waals surface area contributed by atoms with Crippen molar-refractivity contribution in [2.45, 2.75) is 52.5 Å². The second kappa shape index (κ2) is 7.75. The van der Waals surface area contributed by atoms with Gasteiger partial charge >= 0.3 is 0 Å². The number of amides is 1. The van der Waals surface area contributed by atoms with Gasteiger partial charge < -0.3 is 10.6 Å². The Morgan fingerprint density at radius 3 is 2.55 bits per heavy atom. The van der Waals surface area contributed by atoms with Crippen LogP contribution in [0.25, 0.3) is 0 Å². The Bertz CT molecular complexity index is 476. The number of carbonyl (C=O) groups is 1. The first-order chi connectivity index (χ1) is 10.1. The standard InChI is InChI=1S/C15H31N3O3S/c1-5-10-22(20,21)18-9-7-6-8-13(18)14(19)17(4)12-15(2,3)11-16/h13H,5-12,16H2,1-4H3. The number of carbonyl (C=O) groups excluding carboxylic acids is 1. The number of sulfonamides is 1. The average molecular weight is 333 g/mol. The van der Waals surface area contributed by atoms with E-state index >= 15 is 0 Å². The number of rotatable bonds is 7. The molecule has 130 valence electrons. The lowest BCUT2D eigenvalue weighted by atomic mass is 9.92. The summed E-state index contributed by atoms with van der Waals surface area (Å²) in [5, 5.41) is 0. The summed E-state index contributed by atoms with van der Waals surface area (Å²) < 4.78 is 26.2. The van der Waals surface area contributed by atoms with Crippen LogP contribution < -0.4 is 5.73 Å². The molecule has 6 nitrogen and oxygen atoms in total. The first-order valence-electron chi connectivity index (χ1n) is 8.09. The number of likely N-dealkylation sites (N-methyl/N-ethyl adjacent to an activating group) is 1. The van der Waals surface area contributed by atoms with Crippen LogP contribution in [-0.2, 0) is 14.8 Å². The Balaban J connectivity index is 2.88. The summed E-state index contributed by atoms with van der Waals surface area (Å²) in [5.74, 6) is -0.00434. The van der Waals surface area contributed by atoms with Crippen LogP contribution >= 0.6 is 0 Å². The summed E-state index contributed by atoms with van der Waals surface area (Å²) >= 11 is 0. The highest BCUT2D eigenvalue weighted by Crippen LogP contribution is 2.24. The van der Waals surface area contributed by atoms with Crippen molar-refractivity contribution in [1.29, 1.82) is 0 Å². The van der Waals surface area contributed by atoms with Crippen LogP contribution in [-0.4, -0.2) is 62.0 Å². The molecule has 1 unspecified atom stereocenters. The zero-order valence-corrected chi connectivity index (χ0v) is 15.2. The van der Waals surface area contributed by atoms with E-state index in [1.807, 2.05) is 20.8 Å². The molecule has 0 aromatic rings. The number of nitrogens with zero attached hydrogens (tertiary/aromatic N) is 2. The summed E-state index contributed by atoms with van der Waals surface area (Å²) in [7, 11) is -1.61. The summed E-state index contributed by atoms with van der Waals surface area (Å²) in [6.07, 6.45) is 2.89. The molecule has 1 amide bonds. The van der Waals surface area contributed by atoms with E-state index in [1.165, 1.54) is 4.31 Å². The van der Waals surface area contributed by atoms with Crippen LogP contribution in [0.15, 0.2) is 0 Å². The van der Waals surface area contributed by atoms with Gasteiger partial charge in [0.05, 0.1) is 5.75 Å². The van der Waals surface area contributed by atoms with Crippen molar-refractivity contribution in [3.05, 3.63) is 0 Å². The smallest absolute Gasteiger partial charge is 0.240 e. The number of hydrogen-bond donors (Lipinski definition) is 1. The van der Waals surface area contributed by atoms with Crippen LogP contribution in [0.5, 0.6) is 0 Å². The van der Waals surface area contributed by atoms with Gasteiger partial charge in [-0.1, -0.05) is 27.2 Å². The molecule has 0 radical (unpaired) electrons. The van der Waals surface area contributed by atoms with Gasteiger partial charge in [-0.2, -0.15) is 4.31 Å². The lowest BCUT2D eigenvalue weighted by Gasteiger charge is -2.37. The van der Waals surface area contributed by atoms with Gasteiger partial charge in [0.25, 0.3) is 0 Å². The molecular formula is C15H31N3O3S. The lowest BCUT2D eigenvalue weighted by molar-refractivity contribution is -0.136. The molecule has 0 aromatic carbocycles. The van der Waals surface area contributed by atoms with E-state index in [2.05, 4.69) is 0 Å². The molecule has 0 bridgehead atoms. The molecule has 1 atom stereocenters. The fourth-order valence-electron chi connectivity index (χ4n) is 2.90. The van der Waals surface area contributed by atoms with Crippen LogP contribution in [0.3, 0.4) is 0 Å². The first-order valence-corrected chi connectivity index (χ1v) is 9.70. The predicted molar refractivity (Wildman–Crippen MR) is 88.9 cm³/mol. The SMILES string of the molecule is CCCS(=O)(=O)N1CCCCC1C(=O)N(C)CC(C)(C)CN. The molecular weight excluding hydrogens is 302 g/mol. The Morgan fingerprint density at radius 2 is 2.00 bits per heavy atom. The molecule has 0 aromatic heterocycles. The van der Waals surface area contributed by atoms with E-state index in [9.17, 15) is 13.2 Å². The molecule has 7 heteroatoms. The molecule has 1 heterocycles. The van der Waals surface area contributed by atoms with Crippen LogP contribution in [0.1, 0.15) is 46.5 Å². The van der Waals surface area contributed by atoms with Gasteiger partial charge in [0.15, 0.2) is 0 Å². The third-order valence-corrected chi connectivity index (χ3v) is 6.23. The third-order valence-electron chi connectivity index (χ3n) is 4.15. The van der Waals surface area contributed by atoms with Crippen molar-refractivity contribution in [2.24, 2.45) is 11.1 Å².